The molecule has 0 aliphatic heterocycles. The van der Waals surface area contributed by atoms with Gasteiger partial charge in [0.1, 0.15) is 4.83 Å². The molecule has 2 heterocycles. The van der Waals surface area contributed by atoms with E-state index in [-0.39, 0.29) is 16.8 Å². The third-order valence-electron chi connectivity index (χ3n) is 5.74. The summed E-state index contributed by atoms with van der Waals surface area (Å²) >= 11 is 1.50. The number of nitrogens with zero attached hydrogens (tertiary/aromatic N) is 3. The van der Waals surface area contributed by atoms with E-state index in [9.17, 15) is 9.59 Å². The van der Waals surface area contributed by atoms with Crippen LogP contribution in [0.4, 0.5) is 0 Å². The molecule has 4 rings (SSSR count). The Morgan fingerprint density at radius 1 is 1.36 bits per heavy atom. The summed E-state index contributed by atoms with van der Waals surface area (Å²) in [6.45, 7) is 4.68. The molecule has 0 radical (unpaired) electrons. The second kappa shape index (κ2) is 5.83. The molecule has 1 N–H and O–H groups in total. The first-order valence-electron chi connectivity index (χ1n) is 8.95. The number of thiophene rings is 1. The van der Waals surface area contributed by atoms with E-state index in [2.05, 4.69) is 10.5 Å². The second-order valence-corrected chi connectivity index (χ2v) is 8.61. The van der Waals surface area contributed by atoms with E-state index >= 15 is 0 Å². The molecule has 0 unspecified atom stereocenters. The summed E-state index contributed by atoms with van der Waals surface area (Å²) in [6.07, 6.45) is 7.11. The lowest BCUT2D eigenvalue weighted by molar-refractivity contribution is 0.272. The number of nitrogens with one attached hydrogen (secondary N) is 1. The van der Waals surface area contributed by atoms with Crippen molar-refractivity contribution < 1.29 is 0 Å². The first-order valence-corrected chi connectivity index (χ1v) is 9.77. The third kappa shape index (κ3) is 2.56. The van der Waals surface area contributed by atoms with Gasteiger partial charge >= 0.3 is 5.69 Å². The summed E-state index contributed by atoms with van der Waals surface area (Å²) in [5.41, 5.74) is 3.09. The SMILES string of the molecule is CN/N=C/c1sc2c(c1C)c(=O)n(C1(C)CC1)c(=O)n2CC1CCC1. The molecule has 25 heavy (non-hydrogen) atoms. The molecule has 0 bridgehead atoms. The highest BCUT2D eigenvalue weighted by molar-refractivity contribution is 7.20. The predicted octanol–water partition coefficient (Wildman–Crippen LogP) is 2.40. The molecule has 0 saturated heterocycles. The van der Waals surface area contributed by atoms with Gasteiger partial charge in [-0.25, -0.2) is 4.79 Å². The van der Waals surface area contributed by atoms with Crippen molar-refractivity contribution in [2.45, 2.75) is 58.0 Å². The Bertz CT molecular complexity index is 974. The van der Waals surface area contributed by atoms with Crippen LogP contribution in [0.25, 0.3) is 10.2 Å². The molecule has 2 aliphatic rings. The van der Waals surface area contributed by atoms with Crippen molar-refractivity contribution in [3.8, 4) is 0 Å². The fraction of sp³-hybridized carbons (Fsp3) is 0.611. The van der Waals surface area contributed by atoms with E-state index in [1.54, 1.807) is 13.3 Å². The van der Waals surface area contributed by atoms with Crippen molar-refractivity contribution in [2.24, 2.45) is 11.0 Å². The number of hydrogen-bond acceptors (Lipinski definition) is 5. The predicted molar refractivity (Wildman–Crippen MR) is 102 cm³/mol. The van der Waals surface area contributed by atoms with Crippen LogP contribution in [0.15, 0.2) is 14.7 Å². The number of hydrazone groups is 1. The molecule has 0 amide bonds. The van der Waals surface area contributed by atoms with Gasteiger partial charge in [-0.15, -0.1) is 11.3 Å². The minimum absolute atomic E-state index is 0.136. The van der Waals surface area contributed by atoms with Gasteiger partial charge < -0.3 is 5.43 Å². The fourth-order valence-electron chi connectivity index (χ4n) is 3.59. The van der Waals surface area contributed by atoms with E-state index in [4.69, 9.17) is 0 Å². The van der Waals surface area contributed by atoms with Crippen LogP contribution in [-0.2, 0) is 12.1 Å². The monoisotopic (exact) mass is 360 g/mol. The van der Waals surface area contributed by atoms with Gasteiger partial charge in [-0.1, -0.05) is 6.42 Å². The smallest absolute Gasteiger partial charge is 0.313 e. The maximum atomic E-state index is 13.2. The summed E-state index contributed by atoms with van der Waals surface area (Å²) < 4.78 is 3.38. The van der Waals surface area contributed by atoms with E-state index < -0.39 is 0 Å². The standard InChI is InChI=1S/C18H24N4O2S/c1-11-13(9-20-19-3)25-16-14(11)15(23)22(18(2)7-8-18)17(24)21(16)10-12-5-4-6-12/h9,12,19H,4-8,10H2,1-3H3/b20-9+. The van der Waals surface area contributed by atoms with Crippen LogP contribution in [0.1, 0.15) is 49.5 Å². The molecule has 134 valence electrons. The molecule has 2 fully saturated rings. The van der Waals surface area contributed by atoms with Crippen LogP contribution in [0.2, 0.25) is 0 Å². The summed E-state index contributed by atoms with van der Waals surface area (Å²) in [5, 5.41) is 4.78. The average Bonchev–Trinajstić information content (AvgIpc) is 3.17. The molecule has 6 nitrogen and oxygen atoms in total. The summed E-state index contributed by atoms with van der Waals surface area (Å²) in [4.78, 5) is 28.1. The summed E-state index contributed by atoms with van der Waals surface area (Å²) in [7, 11) is 1.74. The third-order valence-corrected chi connectivity index (χ3v) is 6.99. The van der Waals surface area contributed by atoms with Crippen molar-refractivity contribution >= 4 is 27.8 Å². The number of hydrogen-bond donors (Lipinski definition) is 1. The fourth-order valence-corrected chi connectivity index (χ4v) is 4.76. The molecule has 2 aromatic rings. The molecule has 0 atom stereocenters. The number of aryl methyl sites for hydroxylation is 1. The molecule has 0 spiro atoms. The van der Waals surface area contributed by atoms with Crippen molar-refractivity contribution in [1.29, 1.82) is 0 Å². The van der Waals surface area contributed by atoms with Crippen molar-refractivity contribution in [3.05, 3.63) is 31.3 Å². The highest BCUT2D eigenvalue weighted by atomic mass is 32.1. The van der Waals surface area contributed by atoms with E-state index in [1.807, 2.05) is 18.4 Å². The van der Waals surface area contributed by atoms with Crippen LogP contribution in [0.5, 0.6) is 0 Å². The Morgan fingerprint density at radius 3 is 2.64 bits per heavy atom. The van der Waals surface area contributed by atoms with Crippen LogP contribution < -0.4 is 16.7 Å². The minimum atomic E-state index is -0.308. The Labute approximate surface area is 150 Å². The molecular formula is C18H24N4O2S. The largest absolute Gasteiger partial charge is 0.332 e. The minimum Gasteiger partial charge on any atom is -0.313 e. The van der Waals surface area contributed by atoms with Crippen molar-refractivity contribution in [3.63, 3.8) is 0 Å². The molecule has 7 heteroatoms. The Hall–Kier alpha value is -1.89. The zero-order valence-electron chi connectivity index (χ0n) is 15.0. The van der Waals surface area contributed by atoms with Gasteiger partial charge in [0, 0.05) is 13.6 Å². The van der Waals surface area contributed by atoms with Crippen LogP contribution in [-0.4, -0.2) is 22.4 Å². The highest BCUT2D eigenvalue weighted by Gasteiger charge is 2.43. The van der Waals surface area contributed by atoms with Crippen molar-refractivity contribution in [2.75, 3.05) is 7.05 Å². The van der Waals surface area contributed by atoms with Crippen molar-refractivity contribution in [1.82, 2.24) is 14.6 Å². The van der Waals surface area contributed by atoms with Crippen LogP contribution in [0.3, 0.4) is 0 Å². The Morgan fingerprint density at radius 2 is 2.08 bits per heavy atom. The Kier molecular flexibility index (Phi) is 3.86. The lowest BCUT2D eigenvalue weighted by Gasteiger charge is -2.27. The first kappa shape index (κ1) is 16.6. The highest BCUT2D eigenvalue weighted by Crippen LogP contribution is 2.41. The van der Waals surface area contributed by atoms with Gasteiger partial charge in [0.15, 0.2) is 0 Å². The molecule has 0 aromatic carbocycles. The topological polar surface area (TPSA) is 68.4 Å². The normalized spacial score (nSPS) is 19.5. The summed E-state index contributed by atoms with van der Waals surface area (Å²) in [6, 6.07) is 0. The zero-order chi connectivity index (χ0) is 17.8. The molecular weight excluding hydrogens is 336 g/mol. The maximum absolute atomic E-state index is 13.2. The Balaban J connectivity index is 2.00. The van der Waals surface area contributed by atoms with E-state index in [0.29, 0.717) is 17.8 Å². The average molecular weight is 360 g/mol. The van der Waals surface area contributed by atoms with Crippen LogP contribution >= 0.6 is 11.3 Å². The number of rotatable bonds is 5. The maximum Gasteiger partial charge on any atom is 0.332 e. The molecule has 2 aliphatic carbocycles. The number of fused-ring (bicyclic) bond motifs is 1. The number of aromatic nitrogens is 2. The van der Waals surface area contributed by atoms with Gasteiger partial charge in [-0.05, 0) is 51.0 Å². The molecule has 2 saturated carbocycles. The lowest BCUT2D eigenvalue weighted by Crippen LogP contribution is -2.45. The lowest BCUT2D eigenvalue weighted by atomic mass is 9.85. The first-order chi connectivity index (χ1) is 12.0. The summed E-state index contributed by atoms with van der Waals surface area (Å²) in [5.74, 6) is 0.552. The van der Waals surface area contributed by atoms with E-state index in [1.165, 1.54) is 35.2 Å². The van der Waals surface area contributed by atoms with Gasteiger partial charge in [0.05, 0.1) is 22.0 Å². The second-order valence-electron chi connectivity index (χ2n) is 7.58. The quantitative estimate of drug-likeness (QED) is 0.658. The van der Waals surface area contributed by atoms with Crippen LogP contribution in [0, 0.1) is 12.8 Å². The van der Waals surface area contributed by atoms with Gasteiger partial charge in [0.25, 0.3) is 5.56 Å². The van der Waals surface area contributed by atoms with Gasteiger partial charge in [-0.2, -0.15) is 5.10 Å². The zero-order valence-corrected chi connectivity index (χ0v) is 15.8. The van der Waals surface area contributed by atoms with Gasteiger partial charge in [0.2, 0.25) is 0 Å². The van der Waals surface area contributed by atoms with E-state index in [0.717, 1.165) is 28.1 Å². The van der Waals surface area contributed by atoms with Gasteiger partial charge in [-0.3, -0.25) is 13.9 Å². The molecule has 2 aromatic heterocycles.